The maximum atomic E-state index is 12.5. The average Bonchev–Trinajstić information content (AvgIpc) is 2.52. The molecule has 0 aliphatic carbocycles. The number of carbonyl (C=O) groups excluding carboxylic acids is 1. The fourth-order valence-corrected chi connectivity index (χ4v) is 3.25. The Morgan fingerprint density at radius 3 is 2.40 bits per heavy atom. The van der Waals surface area contributed by atoms with Crippen LogP contribution in [0.4, 0.5) is 5.69 Å². The highest BCUT2D eigenvalue weighted by Crippen LogP contribution is 2.19. The largest absolute Gasteiger partial charge is 0.338 e. The van der Waals surface area contributed by atoms with Crippen molar-refractivity contribution >= 4 is 22.5 Å². The van der Waals surface area contributed by atoms with Gasteiger partial charge in [-0.15, -0.1) is 0 Å². The standard InChI is InChI=1S/C21H22N2O2/c1-13-5-6-17(15(3)9-13)22-20(25)12-23-8-7-19(24)21-16(4)10-14(2)11-18(21)23/h5-11H,12H2,1-4H3,(H,22,25). The third kappa shape index (κ3) is 3.48. The molecule has 0 fully saturated rings. The van der Waals surface area contributed by atoms with Crippen LogP contribution in [-0.4, -0.2) is 10.5 Å². The van der Waals surface area contributed by atoms with E-state index in [2.05, 4.69) is 5.32 Å². The van der Waals surface area contributed by atoms with Gasteiger partial charge in [0, 0.05) is 23.3 Å². The first kappa shape index (κ1) is 17.0. The van der Waals surface area contributed by atoms with Crippen molar-refractivity contribution in [2.24, 2.45) is 0 Å². The summed E-state index contributed by atoms with van der Waals surface area (Å²) in [6, 6.07) is 11.4. The van der Waals surface area contributed by atoms with Crippen molar-refractivity contribution < 1.29 is 4.79 Å². The number of nitrogens with one attached hydrogen (secondary N) is 1. The maximum Gasteiger partial charge on any atom is 0.244 e. The molecule has 0 saturated carbocycles. The highest BCUT2D eigenvalue weighted by molar-refractivity contribution is 5.92. The number of pyridine rings is 1. The molecule has 3 aromatic rings. The minimum atomic E-state index is -0.115. The molecule has 4 nitrogen and oxygen atoms in total. The number of hydrogen-bond donors (Lipinski definition) is 1. The molecule has 3 rings (SSSR count). The van der Waals surface area contributed by atoms with Crippen molar-refractivity contribution in [3.63, 3.8) is 0 Å². The van der Waals surface area contributed by atoms with Gasteiger partial charge in [-0.25, -0.2) is 0 Å². The summed E-state index contributed by atoms with van der Waals surface area (Å²) in [7, 11) is 0. The summed E-state index contributed by atoms with van der Waals surface area (Å²) >= 11 is 0. The molecule has 0 unspecified atom stereocenters. The Hall–Kier alpha value is -2.88. The average molecular weight is 334 g/mol. The van der Waals surface area contributed by atoms with Gasteiger partial charge >= 0.3 is 0 Å². The zero-order valence-electron chi connectivity index (χ0n) is 15.0. The van der Waals surface area contributed by atoms with Crippen LogP contribution in [0.3, 0.4) is 0 Å². The minimum absolute atomic E-state index is 0.0152. The monoisotopic (exact) mass is 334 g/mol. The van der Waals surface area contributed by atoms with Crippen molar-refractivity contribution in [2.75, 3.05) is 5.32 Å². The fourth-order valence-electron chi connectivity index (χ4n) is 3.25. The van der Waals surface area contributed by atoms with Gasteiger partial charge in [0.1, 0.15) is 6.54 Å². The van der Waals surface area contributed by atoms with Crippen molar-refractivity contribution in [3.05, 3.63) is 75.1 Å². The van der Waals surface area contributed by atoms with Crippen molar-refractivity contribution in [3.8, 4) is 0 Å². The van der Waals surface area contributed by atoms with E-state index in [0.717, 1.165) is 33.5 Å². The SMILES string of the molecule is Cc1ccc(NC(=O)Cn2ccc(=O)c3c(C)cc(C)cc32)c(C)c1. The van der Waals surface area contributed by atoms with E-state index in [1.165, 1.54) is 6.07 Å². The quantitative estimate of drug-likeness (QED) is 0.790. The predicted octanol–water partition coefficient (Wildman–Crippen LogP) is 3.87. The van der Waals surface area contributed by atoms with Gasteiger partial charge in [0.15, 0.2) is 5.43 Å². The van der Waals surface area contributed by atoms with Gasteiger partial charge < -0.3 is 9.88 Å². The number of nitrogens with zero attached hydrogens (tertiary/aromatic N) is 1. The van der Waals surface area contributed by atoms with E-state index in [9.17, 15) is 9.59 Å². The van der Waals surface area contributed by atoms with Crippen LogP contribution >= 0.6 is 0 Å². The number of benzene rings is 2. The summed E-state index contributed by atoms with van der Waals surface area (Å²) in [5.74, 6) is -0.115. The number of anilines is 1. The summed E-state index contributed by atoms with van der Waals surface area (Å²) in [5.41, 5.74) is 5.79. The van der Waals surface area contributed by atoms with Crippen molar-refractivity contribution in [1.29, 1.82) is 0 Å². The van der Waals surface area contributed by atoms with Gasteiger partial charge in [0.05, 0.1) is 5.52 Å². The summed E-state index contributed by atoms with van der Waals surface area (Å²) in [4.78, 5) is 24.7. The fraction of sp³-hybridized carbons (Fsp3) is 0.238. The van der Waals surface area contributed by atoms with Crippen LogP contribution < -0.4 is 10.7 Å². The van der Waals surface area contributed by atoms with Crippen LogP contribution in [0.1, 0.15) is 22.3 Å². The van der Waals surface area contributed by atoms with E-state index in [-0.39, 0.29) is 17.9 Å². The number of hydrogen-bond acceptors (Lipinski definition) is 2. The van der Waals surface area contributed by atoms with E-state index in [4.69, 9.17) is 0 Å². The molecule has 0 spiro atoms. The van der Waals surface area contributed by atoms with E-state index in [1.807, 2.05) is 62.6 Å². The molecule has 0 radical (unpaired) electrons. The molecular formula is C21H22N2O2. The van der Waals surface area contributed by atoms with E-state index in [0.29, 0.717) is 5.39 Å². The summed E-state index contributed by atoms with van der Waals surface area (Å²) < 4.78 is 1.83. The molecule has 2 aromatic carbocycles. The Morgan fingerprint density at radius 2 is 1.68 bits per heavy atom. The summed E-state index contributed by atoms with van der Waals surface area (Å²) in [6.07, 6.45) is 1.69. The number of carbonyl (C=O) groups is 1. The Labute approximate surface area is 147 Å². The first-order chi connectivity index (χ1) is 11.8. The number of fused-ring (bicyclic) bond motifs is 1. The van der Waals surface area contributed by atoms with Crippen LogP contribution in [0.2, 0.25) is 0 Å². The molecule has 0 aliphatic heterocycles. The lowest BCUT2D eigenvalue weighted by Gasteiger charge is -2.14. The number of amides is 1. The van der Waals surface area contributed by atoms with Crippen LogP contribution in [0, 0.1) is 27.7 Å². The molecule has 1 amide bonds. The topological polar surface area (TPSA) is 51.1 Å². The van der Waals surface area contributed by atoms with E-state index in [1.54, 1.807) is 6.20 Å². The minimum Gasteiger partial charge on any atom is -0.338 e. The zero-order valence-corrected chi connectivity index (χ0v) is 15.0. The third-order valence-electron chi connectivity index (χ3n) is 4.39. The molecule has 128 valence electrons. The molecule has 0 atom stereocenters. The first-order valence-electron chi connectivity index (χ1n) is 8.32. The second-order valence-corrected chi connectivity index (χ2v) is 6.65. The smallest absolute Gasteiger partial charge is 0.244 e. The molecule has 1 N–H and O–H groups in total. The first-order valence-corrected chi connectivity index (χ1v) is 8.32. The number of aromatic nitrogens is 1. The molecule has 25 heavy (non-hydrogen) atoms. The second kappa shape index (κ2) is 6.55. The Kier molecular flexibility index (Phi) is 4.45. The van der Waals surface area contributed by atoms with Gasteiger partial charge in [-0.3, -0.25) is 9.59 Å². The number of aryl methyl sites for hydroxylation is 4. The van der Waals surface area contributed by atoms with Crippen LogP contribution in [0.5, 0.6) is 0 Å². The maximum absolute atomic E-state index is 12.5. The summed E-state index contributed by atoms with van der Waals surface area (Å²) in [6.45, 7) is 8.08. The predicted molar refractivity (Wildman–Crippen MR) is 102 cm³/mol. The van der Waals surface area contributed by atoms with Crippen LogP contribution in [-0.2, 0) is 11.3 Å². The molecular weight excluding hydrogens is 312 g/mol. The molecule has 0 bridgehead atoms. The molecule has 4 heteroatoms. The Balaban J connectivity index is 1.94. The van der Waals surface area contributed by atoms with Gasteiger partial charge in [-0.1, -0.05) is 23.8 Å². The highest BCUT2D eigenvalue weighted by atomic mass is 16.2. The Morgan fingerprint density at radius 1 is 0.960 bits per heavy atom. The van der Waals surface area contributed by atoms with Gasteiger partial charge in [0.2, 0.25) is 5.91 Å². The van der Waals surface area contributed by atoms with Gasteiger partial charge in [0.25, 0.3) is 0 Å². The molecule has 0 saturated heterocycles. The van der Waals surface area contributed by atoms with Crippen LogP contribution in [0.15, 0.2) is 47.4 Å². The second-order valence-electron chi connectivity index (χ2n) is 6.65. The highest BCUT2D eigenvalue weighted by Gasteiger charge is 2.10. The normalized spacial score (nSPS) is 10.9. The lowest BCUT2D eigenvalue weighted by atomic mass is 10.1. The molecule has 1 aromatic heterocycles. The van der Waals surface area contributed by atoms with Crippen LogP contribution in [0.25, 0.3) is 10.9 Å². The lowest BCUT2D eigenvalue weighted by Crippen LogP contribution is -2.21. The summed E-state index contributed by atoms with van der Waals surface area (Å²) in [5, 5.41) is 3.63. The van der Waals surface area contributed by atoms with E-state index >= 15 is 0 Å². The van der Waals surface area contributed by atoms with E-state index < -0.39 is 0 Å². The number of rotatable bonds is 3. The van der Waals surface area contributed by atoms with Gasteiger partial charge in [-0.05, 0) is 56.5 Å². The third-order valence-corrected chi connectivity index (χ3v) is 4.39. The molecule has 1 heterocycles. The van der Waals surface area contributed by atoms with Gasteiger partial charge in [-0.2, -0.15) is 0 Å². The molecule has 0 aliphatic rings. The van der Waals surface area contributed by atoms with Crippen molar-refractivity contribution in [1.82, 2.24) is 4.57 Å². The Bertz CT molecular complexity index is 1030. The van der Waals surface area contributed by atoms with Crippen molar-refractivity contribution in [2.45, 2.75) is 34.2 Å². The lowest BCUT2D eigenvalue weighted by molar-refractivity contribution is -0.116. The zero-order chi connectivity index (χ0) is 18.1.